The minimum absolute atomic E-state index is 0.00308. The lowest BCUT2D eigenvalue weighted by molar-refractivity contribution is 0.00283. The quantitative estimate of drug-likeness (QED) is 0.347. The fourth-order valence-corrected chi connectivity index (χ4v) is 8.27. The van der Waals surface area contributed by atoms with Crippen LogP contribution in [0.1, 0.15) is 55.4 Å². The molecule has 0 aromatic rings. The van der Waals surface area contributed by atoms with Crippen LogP contribution >= 0.6 is 8.53 Å². The Labute approximate surface area is 171 Å². The summed E-state index contributed by atoms with van der Waals surface area (Å²) in [5.74, 6) is 0.320. The molecule has 0 radical (unpaired) electrons. The fraction of sp³-hybridized carbons (Fsp3) is 1.00. The largest absolute Gasteiger partial charge is 0.414 e. The molecule has 5 atom stereocenters. The highest BCUT2D eigenvalue weighted by atomic mass is 31.2. The molecule has 0 aliphatic carbocycles. The van der Waals surface area contributed by atoms with E-state index in [1.165, 1.54) is 0 Å². The first-order chi connectivity index (χ1) is 12.7. The standard InChI is InChI=1S/C19H43BNO4PSi/c1-10-27(11-2,12-3)23-13-17-18(16(8)19(20)24-17)25-26(22-9)21(14(4)5)15(6)7/h14-19H,10-13,20H2,1-9H3/t16?,17?,18-,19-,26?/m1/s1. The normalized spacial score (nSPS) is 27.9. The predicted molar refractivity (Wildman–Crippen MR) is 120 cm³/mol. The minimum Gasteiger partial charge on any atom is -0.414 e. The van der Waals surface area contributed by atoms with Gasteiger partial charge in [0.2, 0.25) is 0 Å². The molecular formula is C19H43BNO4PSi. The molecule has 1 aliphatic rings. The summed E-state index contributed by atoms with van der Waals surface area (Å²) in [4.78, 5) is 0. The summed E-state index contributed by atoms with van der Waals surface area (Å²) >= 11 is 0. The number of rotatable bonds is 12. The Kier molecular flexibility index (Phi) is 11.0. The number of hydrogen-bond acceptors (Lipinski definition) is 5. The zero-order chi connectivity index (χ0) is 20.8. The van der Waals surface area contributed by atoms with Crippen LogP contribution in [0.15, 0.2) is 0 Å². The molecule has 0 spiro atoms. The van der Waals surface area contributed by atoms with Crippen LogP contribution in [-0.2, 0) is 18.2 Å². The van der Waals surface area contributed by atoms with Crippen LogP contribution in [0.4, 0.5) is 0 Å². The smallest absolute Gasteiger partial charge is 0.259 e. The lowest BCUT2D eigenvalue weighted by atomic mass is 9.86. The molecule has 1 fully saturated rings. The maximum Gasteiger partial charge on any atom is 0.259 e. The molecule has 3 unspecified atom stereocenters. The number of nitrogens with zero attached hydrogens (tertiary/aromatic N) is 1. The maximum absolute atomic E-state index is 6.59. The molecule has 0 aromatic carbocycles. The molecular weight excluding hydrogens is 376 g/mol. The SMILES string of the molecule is B[C@@H]1OC(CO[Si](CC)(CC)CC)[C@H](OP(OC)N(C(C)C)C(C)C)C1C. The van der Waals surface area contributed by atoms with Crippen molar-refractivity contribution in [2.75, 3.05) is 13.7 Å². The van der Waals surface area contributed by atoms with Gasteiger partial charge in [0.15, 0.2) is 8.32 Å². The lowest BCUT2D eigenvalue weighted by Gasteiger charge is -2.38. The van der Waals surface area contributed by atoms with E-state index in [-0.39, 0.29) is 18.2 Å². The van der Waals surface area contributed by atoms with Crippen LogP contribution in [-0.4, -0.2) is 64.8 Å². The molecule has 5 nitrogen and oxygen atoms in total. The summed E-state index contributed by atoms with van der Waals surface area (Å²) < 4.78 is 27.5. The Morgan fingerprint density at radius 2 is 1.59 bits per heavy atom. The Bertz CT molecular complexity index is 412. The van der Waals surface area contributed by atoms with Gasteiger partial charge in [-0.15, -0.1) is 0 Å². The minimum atomic E-state index is -1.64. The molecule has 0 saturated carbocycles. The summed E-state index contributed by atoms with van der Waals surface area (Å²) in [5, 5.41) is 0. The van der Waals surface area contributed by atoms with E-state index >= 15 is 0 Å². The summed E-state index contributed by atoms with van der Waals surface area (Å²) in [6.45, 7) is 18.4. The number of ether oxygens (including phenoxy) is 1. The Morgan fingerprint density at radius 1 is 1.07 bits per heavy atom. The molecule has 0 amide bonds. The van der Waals surface area contributed by atoms with Crippen LogP contribution in [0.3, 0.4) is 0 Å². The van der Waals surface area contributed by atoms with Crippen LogP contribution < -0.4 is 0 Å². The first-order valence-corrected chi connectivity index (χ1v) is 14.4. The summed E-state index contributed by atoms with van der Waals surface area (Å²) in [6, 6.07) is 4.36. The zero-order valence-corrected chi connectivity index (χ0v) is 21.2. The van der Waals surface area contributed by atoms with E-state index in [1.807, 2.05) is 0 Å². The molecule has 160 valence electrons. The van der Waals surface area contributed by atoms with E-state index < -0.39 is 16.8 Å². The van der Waals surface area contributed by atoms with Crippen molar-refractivity contribution in [1.29, 1.82) is 0 Å². The average molecular weight is 419 g/mol. The second-order valence-corrected chi connectivity index (χ2v) is 14.6. The van der Waals surface area contributed by atoms with Crippen molar-refractivity contribution in [3.05, 3.63) is 0 Å². The van der Waals surface area contributed by atoms with Gasteiger partial charge in [-0.3, -0.25) is 0 Å². The van der Waals surface area contributed by atoms with E-state index in [4.69, 9.17) is 18.2 Å². The third-order valence-corrected chi connectivity index (χ3v) is 12.8. The zero-order valence-electron chi connectivity index (χ0n) is 19.3. The molecule has 1 saturated heterocycles. The Balaban J connectivity index is 2.90. The summed E-state index contributed by atoms with van der Waals surface area (Å²) in [7, 11) is 1.13. The van der Waals surface area contributed by atoms with Crippen molar-refractivity contribution in [1.82, 2.24) is 4.67 Å². The first kappa shape index (κ1) is 25.5. The van der Waals surface area contributed by atoms with E-state index in [2.05, 4.69) is 67.9 Å². The molecule has 0 N–H and O–H groups in total. The predicted octanol–water partition coefficient (Wildman–Crippen LogP) is 4.38. The van der Waals surface area contributed by atoms with Gasteiger partial charge in [-0.2, -0.15) is 0 Å². The van der Waals surface area contributed by atoms with Gasteiger partial charge in [0.1, 0.15) is 14.0 Å². The highest BCUT2D eigenvalue weighted by Crippen LogP contribution is 2.49. The van der Waals surface area contributed by atoms with E-state index in [0.717, 1.165) is 18.1 Å². The third-order valence-electron chi connectivity index (χ3n) is 6.12. The van der Waals surface area contributed by atoms with Gasteiger partial charge in [0.25, 0.3) is 8.53 Å². The molecule has 0 bridgehead atoms. The van der Waals surface area contributed by atoms with Crippen LogP contribution in [0.25, 0.3) is 0 Å². The fourth-order valence-electron chi connectivity index (χ4n) is 3.97. The Hall–Kier alpha value is 0.512. The third kappa shape index (κ3) is 6.50. The Morgan fingerprint density at radius 3 is 2.00 bits per heavy atom. The van der Waals surface area contributed by atoms with E-state index in [0.29, 0.717) is 24.6 Å². The molecule has 1 heterocycles. The van der Waals surface area contributed by atoms with Gasteiger partial charge in [-0.1, -0.05) is 27.7 Å². The summed E-state index contributed by atoms with van der Waals surface area (Å²) in [5.41, 5.74) is 0. The summed E-state index contributed by atoms with van der Waals surface area (Å²) in [6.07, 6.45) is -0.0174. The number of hydrogen-bond donors (Lipinski definition) is 0. The first-order valence-electron chi connectivity index (χ1n) is 10.7. The van der Waals surface area contributed by atoms with Crippen molar-refractivity contribution in [3.63, 3.8) is 0 Å². The van der Waals surface area contributed by atoms with E-state index in [1.54, 1.807) is 7.11 Å². The van der Waals surface area contributed by atoms with E-state index in [9.17, 15) is 0 Å². The van der Waals surface area contributed by atoms with Crippen molar-refractivity contribution in [3.8, 4) is 0 Å². The maximum atomic E-state index is 6.59. The molecule has 1 aliphatic heterocycles. The van der Waals surface area contributed by atoms with Gasteiger partial charge in [0.05, 0.1) is 12.7 Å². The average Bonchev–Trinajstić information content (AvgIpc) is 2.89. The highest BCUT2D eigenvalue weighted by molar-refractivity contribution is 7.44. The van der Waals surface area contributed by atoms with Crippen LogP contribution in [0.5, 0.6) is 0 Å². The van der Waals surface area contributed by atoms with Gasteiger partial charge < -0.3 is 18.2 Å². The van der Waals surface area contributed by atoms with Gasteiger partial charge in [-0.25, -0.2) is 4.67 Å². The van der Waals surface area contributed by atoms with Gasteiger partial charge in [-0.05, 0) is 45.8 Å². The highest BCUT2D eigenvalue weighted by Gasteiger charge is 2.44. The lowest BCUT2D eigenvalue weighted by Crippen LogP contribution is -2.42. The van der Waals surface area contributed by atoms with Crippen molar-refractivity contribution in [2.24, 2.45) is 5.92 Å². The molecule has 27 heavy (non-hydrogen) atoms. The monoisotopic (exact) mass is 419 g/mol. The topological polar surface area (TPSA) is 40.2 Å². The molecule has 8 heteroatoms. The van der Waals surface area contributed by atoms with Gasteiger partial charge >= 0.3 is 0 Å². The molecule has 1 rings (SSSR count). The molecule has 0 aromatic heterocycles. The second-order valence-electron chi connectivity index (χ2n) is 8.35. The van der Waals surface area contributed by atoms with Crippen molar-refractivity contribution in [2.45, 2.75) is 104 Å². The van der Waals surface area contributed by atoms with Crippen LogP contribution in [0, 0.1) is 5.92 Å². The van der Waals surface area contributed by atoms with Crippen molar-refractivity contribution < 1.29 is 18.2 Å². The van der Waals surface area contributed by atoms with Crippen molar-refractivity contribution >= 4 is 24.7 Å². The second kappa shape index (κ2) is 11.6. The van der Waals surface area contributed by atoms with Gasteiger partial charge in [0, 0.05) is 31.1 Å². The van der Waals surface area contributed by atoms with Crippen LogP contribution in [0.2, 0.25) is 18.1 Å².